The number of methoxy groups -OCH3 is 1. The topological polar surface area (TPSA) is 82.6 Å². The predicted octanol–water partition coefficient (Wildman–Crippen LogP) is 3.31. The van der Waals surface area contributed by atoms with E-state index in [2.05, 4.69) is 35.9 Å². The summed E-state index contributed by atoms with van der Waals surface area (Å²) in [4.78, 5) is 13.0. The van der Waals surface area contributed by atoms with Crippen molar-refractivity contribution < 1.29 is 12.2 Å². The van der Waals surface area contributed by atoms with Gasteiger partial charge in [0.15, 0.2) is 0 Å². The van der Waals surface area contributed by atoms with Crippen LogP contribution >= 0.6 is 0 Å². The number of amidine groups is 1. The largest absolute Gasteiger partial charge is 0.462 e. The molecular formula is C23H28N4O2. The van der Waals surface area contributed by atoms with Gasteiger partial charge >= 0.3 is 0 Å². The van der Waals surface area contributed by atoms with Gasteiger partial charge in [-0.05, 0) is 53.9 Å². The summed E-state index contributed by atoms with van der Waals surface area (Å²) in [6, 6.07) is 6.09. The number of nitrogens with zero attached hydrogens (tertiary/aromatic N) is 3. The van der Waals surface area contributed by atoms with E-state index in [1.54, 1.807) is 19.5 Å². The molecule has 1 aliphatic heterocycles. The van der Waals surface area contributed by atoms with Gasteiger partial charge in [0.1, 0.15) is 18.4 Å². The normalized spacial score (nSPS) is 38.3. The molecule has 5 atom stereocenters. The summed E-state index contributed by atoms with van der Waals surface area (Å²) in [6.45, 7) is 2.33. The minimum Gasteiger partial charge on any atom is -0.462 e. The maximum Gasteiger partial charge on any atom is 0.283 e. The van der Waals surface area contributed by atoms with Crippen molar-refractivity contribution in [1.82, 2.24) is 9.97 Å². The summed E-state index contributed by atoms with van der Waals surface area (Å²) in [6.07, 6.45) is 7.46. The molecule has 0 radical (unpaired) electrons. The van der Waals surface area contributed by atoms with Gasteiger partial charge in [-0.15, -0.1) is 0 Å². The van der Waals surface area contributed by atoms with Crippen molar-refractivity contribution in [3.8, 4) is 11.1 Å². The minimum absolute atomic E-state index is 0.0835. The predicted molar refractivity (Wildman–Crippen MR) is 111 cm³/mol. The standard InChI is InChI=1S/C23H28N4O2/c1-14-7-22(8-15(2)20(14)28-3)9-17-5-4-16(18-10-25-13-26-11-18)6-19(17)23(22)12-29-21(24)27-23/h4-6,10-11,13-15,20H,7-9,12H2,1-3H3,(H2,24,27)/t14-,15+,20+,22+,23?/i12D2. The van der Waals surface area contributed by atoms with Crippen LogP contribution in [0.5, 0.6) is 0 Å². The average Bonchev–Trinajstić information content (AvgIpc) is 3.12. The van der Waals surface area contributed by atoms with E-state index in [0.29, 0.717) is 0 Å². The molecule has 2 aliphatic carbocycles. The molecule has 1 saturated carbocycles. The fourth-order valence-corrected chi connectivity index (χ4v) is 6.17. The molecule has 2 spiro atoms. The number of ether oxygens (including phenoxy) is 2. The molecule has 1 aromatic heterocycles. The monoisotopic (exact) mass is 394 g/mol. The molecular weight excluding hydrogens is 364 g/mol. The number of aromatic nitrogens is 2. The fraction of sp³-hybridized carbons (Fsp3) is 0.522. The van der Waals surface area contributed by atoms with Gasteiger partial charge in [0.2, 0.25) is 0 Å². The smallest absolute Gasteiger partial charge is 0.283 e. The number of hydrogen-bond donors (Lipinski definition) is 1. The lowest BCUT2D eigenvalue weighted by Crippen LogP contribution is -2.51. The van der Waals surface area contributed by atoms with Crippen LogP contribution < -0.4 is 5.73 Å². The van der Waals surface area contributed by atoms with E-state index in [-0.39, 0.29) is 24.0 Å². The van der Waals surface area contributed by atoms with Crippen LogP contribution in [0.15, 0.2) is 41.9 Å². The van der Waals surface area contributed by atoms with E-state index in [9.17, 15) is 0 Å². The first kappa shape index (κ1) is 16.3. The van der Waals surface area contributed by atoms with E-state index < -0.39 is 17.5 Å². The molecule has 5 rings (SSSR count). The van der Waals surface area contributed by atoms with E-state index in [1.807, 2.05) is 6.07 Å². The summed E-state index contributed by atoms with van der Waals surface area (Å²) in [5.41, 5.74) is 8.14. The zero-order valence-corrected chi connectivity index (χ0v) is 17.1. The number of nitrogens with two attached hydrogens (primary N) is 1. The zero-order valence-electron chi connectivity index (χ0n) is 19.1. The fourth-order valence-electron chi connectivity index (χ4n) is 6.17. The minimum atomic E-state index is -2.05. The molecule has 3 aliphatic rings. The lowest BCUT2D eigenvalue weighted by molar-refractivity contribution is -0.0779. The van der Waals surface area contributed by atoms with Gasteiger partial charge in [0, 0.05) is 30.5 Å². The van der Waals surface area contributed by atoms with Crippen molar-refractivity contribution >= 4 is 6.02 Å². The second kappa shape index (κ2) is 6.52. The van der Waals surface area contributed by atoms with Gasteiger partial charge in [0.05, 0.1) is 8.85 Å². The van der Waals surface area contributed by atoms with E-state index in [1.165, 1.54) is 6.33 Å². The Hall–Kier alpha value is -2.47. The Balaban J connectivity index is 1.71. The molecule has 0 amide bonds. The van der Waals surface area contributed by atoms with E-state index in [0.717, 1.165) is 41.5 Å². The Labute approximate surface area is 174 Å². The zero-order chi connectivity index (χ0) is 22.0. The highest BCUT2D eigenvalue weighted by Crippen LogP contribution is 2.63. The molecule has 6 nitrogen and oxygen atoms in total. The third-order valence-electron chi connectivity index (χ3n) is 7.09. The number of hydrogen-bond acceptors (Lipinski definition) is 6. The first-order chi connectivity index (χ1) is 14.7. The quantitative estimate of drug-likeness (QED) is 0.845. The van der Waals surface area contributed by atoms with Crippen molar-refractivity contribution in [2.75, 3.05) is 13.7 Å². The van der Waals surface area contributed by atoms with Crippen LogP contribution in [0.1, 0.15) is 40.6 Å². The van der Waals surface area contributed by atoms with Crippen molar-refractivity contribution in [3.05, 3.63) is 48.0 Å². The van der Waals surface area contributed by atoms with Gasteiger partial charge in [0.25, 0.3) is 6.02 Å². The highest BCUT2D eigenvalue weighted by molar-refractivity contribution is 5.76. The molecule has 0 bridgehead atoms. The number of benzene rings is 1. The maximum atomic E-state index is 8.95. The van der Waals surface area contributed by atoms with Crippen LogP contribution in [0.2, 0.25) is 0 Å². The third kappa shape index (κ3) is 2.61. The van der Waals surface area contributed by atoms with E-state index in [4.69, 9.17) is 22.9 Å². The summed E-state index contributed by atoms with van der Waals surface area (Å²) in [5, 5.41) is 0. The van der Waals surface area contributed by atoms with Crippen LogP contribution in [0, 0.1) is 17.3 Å². The Morgan fingerprint density at radius 2 is 1.90 bits per heavy atom. The van der Waals surface area contributed by atoms with Crippen LogP contribution in [0.4, 0.5) is 0 Å². The molecule has 1 aromatic carbocycles. The Kier molecular flexibility index (Phi) is 3.68. The number of rotatable bonds is 2. The molecule has 1 unspecified atom stereocenters. The van der Waals surface area contributed by atoms with E-state index >= 15 is 0 Å². The maximum absolute atomic E-state index is 8.95. The molecule has 2 aromatic rings. The van der Waals surface area contributed by atoms with Gasteiger partial charge in [-0.1, -0.05) is 26.0 Å². The summed E-state index contributed by atoms with van der Waals surface area (Å²) < 4.78 is 29.2. The van der Waals surface area contributed by atoms with Gasteiger partial charge in [-0.3, -0.25) is 0 Å². The Morgan fingerprint density at radius 3 is 2.52 bits per heavy atom. The summed E-state index contributed by atoms with van der Waals surface area (Å²) in [5.74, 6) is 0.518. The second-order valence-electron chi connectivity index (χ2n) is 8.88. The number of fused-ring (bicyclic) bond motifs is 3. The average molecular weight is 395 g/mol. The molecule has 1 fully saturated rings. The van der Waals surface area contributed by atoms with Gasteiger partial charge in [-0.25, -0.2) is 15.0 Å². The van der Waals surface area contributed by atoms with Crippen molar-refractivity contribution in [3.63, 3.8) is 0 Å². The second-order valence-corrected chi connectivity index (χ2v) is 8.88. The lowest BCUT2D eigenvalue weighted by atomic mass is 9.57. The van der Waals surface area contributed by atoms with Crippen molar-refractivity contribution in [2.45, 2.75) is 44.8 Å². The molecule has 29 heavy (non-hydrogen) atoms. The molecule has 2 N–H and O–H groups in total. The molecule has 6 heteroatoms. The third-order valence-corrected chi connectivity index (χ3v) is 7.09. The van der Waals surface area contributed by atoms with Gasteiger partial charge in [-0.2, -0.15) is 0 Å². The van der Waals surface area contributed by atoms with Crippen molar-refractivity contribution in [1.29, 1.82) is 0 Å². The first-order valence-corrected chi connectivity index (χ1v) is 10.2. The highest BCUT2D eigenvalue weighted by Gasteiger charge is 2.63. The first-order valence-electron chi connectivity index (χ1n) is 11.2. The Morgan fingerprint density at radius 1 is 1.17 bits per heavy atom. The van der Waals surface area contributed by atoms with Crippen LogP contribution in [-0.2, 0) is 21.4 Å². The van der Waals surface area contributed by atoms with Gasteiger partial charge < -0.3 is 15.2 Å². The number of aliphatic imine (C=N–C) groups is 1. The summed E-state index contributed by atoms with van der Waals surface area (Å²) in [7, 11) is 1.76. The highest BCUT2D eigenvalue weighted by atomic mass is 16.5. The Bertz CT molecular complexity index is 1030. The summed E-state index contributed by atoms with van der Waals surface area (Å²) >= 11 is 0. The lowest BCUT2D eigenvalue weighted by Gasteiger charge is -2.50. The van der Waals surface area contributed by atoms with Crippen LogP contribution in [-0.4, -0.2) is 35.8 Å². The molecule has 2 heterocycles. The van der Waals surface area contributed by atoms with Crippen LogP contribution in [0.3, 0.4) is 0 Å². The van der Waals surface area contributed by atoms with Crippen molar-refractivity contribution in [2.24, 2.45) is 28.0 Å². The molecule has 152 valence electrons. The van der Waals surface area contributed by atoms with Crippen LogP contribution in [0.25, 0.3) is 11.1 Å². The molecule has 0 saturated heterocycles. The SMILES string of the molecule is [2H]C1([2H])OC(N)=NC12c1cc(-c3cncnc3)ccc1C[C@@]21C[C@@H](C)[C@H](OC)[C@@H](C)C1.